The minimum atomic E-state index is -0.447. The first-order valence-electron chi connectivity index (χ1n) is 11.2. The Bertz CT molecular complexity index is 800. The van der Waals surface area contributed by atoms with E-state index in [0.717, 1.165) is 11.0 Å². The highest BCUT2D eigenvalue weighted by Gasteiger charge is 2.38. The van der Waals surface area contributed by atoms with E-state index in [-0.39, 0.29) is 10.3 Å². The lowest BCUT2D eigenvalue weighted by molar-refractivity contribution is 0.336. The van der Waals surface area contributed by atoms with Crippen LogP contribution in [0.25, 0.3) is 11.0 Å². The Morgan fingerprint density at radius 2 is 0.900 bits per heavy atom. The summed E-state index contributed by atoms with van der Waals surface area (Å²) >= 11 is 0. The summed E-state index contributed by atoms with van der Waals surface area (Å²) in [6.45, 7) is 28.7. The van der Waals surface area contributed by atoms with Gasteiger partial charge >= 0.3 is 0 Å². The van der Waals surface area contributed by atoms with Gasteiger partial charge in [0.15, 0.2) is 0 Å². The second kappa shape index (κ2) is 8.75. The van der Waals surface area contributed by atoms with E-state index < -0.39 is 15.8 Å². The molecule has 1 heterocycles. The zero-order chi connectivity index (χ0) is 23.1. The highest BCUT2D eigenvalue weighted by Crippen LogP contribution is 2.54. The van der Waals surface area contributed by atoms with E-state index >= 15 is 0 Å². The van der Waals surface area contributed by atoms with Crippen molar-refractivity contribution in [3.05, 3.63) is 24.3 Å². The Morgan fingerprint density at radius 1 is 0.600 bits per heavy atom. The van der Waals surface area contributed by atoms with E-state index in [9.17, 15) is 0 Å². The molecule has 2 nitrogen and oxygen atoms in total. The number of benzene rings is 1. The topological polar surface area (TPSA) is 25.8 Å². The second-order valence-corrected chi connectivity index (χ2v) is 18.1. The molecule has 0 amide bonds. The summed E-state index contributed by atoms with van der Waals surface area (Å²) in [4.78, 5) is 10.6. The van der Waals surface area contributed by atoms with E-state index in [4.69, 9.17) is 9.97 Å². The van der Waals surface area contributed by atoms with E-state index in [1.54, 1.807) is 0 Å². The van der Waals surface area contributed by atoms with Crippen molar-refractivity contribution in [2.24, 2.45) is 10.8 Å². The van der Waals surface area contributed by atoms with Crippen molar-refractivity contribution in [2.75, 3.05) is 13.3 Å². The third-order valence-electron chi connectivity index (χ3n) is 5.91. The molecule has 2 atom stereocenters. The van der Waals surface area contributed by atoms with Gasteiger partial charge in [0.2, 0.25) is 0 Å². The lowest BCUT2D eigenvalue weighted by atomic mass is 9.86. The van der Waals surface area contributed by atoms with Crippen LogP contribution in [-0.2, 0) is 0 Å². The van der Waals surface area contributed by atoms with Gasteiger partial charge in [0.05, 0.1) is 21.9 Å². The predicted molar refractivity (Wildman–Crippen MR) is 141 cm³/mol. The fourth-order valence-electron chi connectivity index (χ4n) is 4.84. The Labute approximate surface area is 188 Å². The second-order valence-electron chi connectivity index (χ2n) is 12.6. The van der Waals surface area contributed by atoms with Crippen LogP contribution < -0.4 is 10.9 Å². The minimum Gasteiger partial charge on any atom is -0.244 e. The molecule has 168 valence electrons. The van der Waals surface area contributed by atoms with Crippen LogP contribution in [0, 0.1) is 10.8 Å². The monoisotopic (exact) mass is 446 g/mol. The number of hydrogen-bond acceptors (Lipinski definition) is 2. The SMILES string of the molecule is CP(c1nc2ccccc2nc1P(C)C(C)(C)CC(C)(C)C)C(C)(C)CC(C)(C)C. The van der Waals surface area contributed by atoms with Crippen molar-refractivity contribution in [2.45, 2.75) is 92.4 Å². The van der Waals surface area contributed by atoms with Crippen LogP contribution in [0.1, 0.15) is 82.1 Å². The van der Waals surface area contributed by atoms with Crippen molar-refractivity contribution < 1.29 is 0 Å². The molecule has 0 aliphatic carbocycles. The molecule has 2 unspecified atom stereocenters. The lowest BCUT2D eigenvalue weighted by Crippen LogP contribution is -2.39. The molecule has 0 radical (unpaired) electrons. The minimum absolute atomic E-state index is 0.212. The van der Waals surface area contributed by atoms with Crippen molar-refractivity contribution >= 4 is 37.7 Å². The molecule has 0 N–H and O–H groups in total. The summed E-state index contributed by atoms with van der Waals surface area (Å²) in [5.74, 6) is 0. The number of para-hydroxylation sites is 2. The smallest absolute Gasteiger partial charge is 0.0899 e. The molecule has 30 heavy (non-hydrogen) atoms. The van der Waals surface area contributed by atoms with Crippen molar-refractivity contribution in [3.63, 3.8) is 0 Å². The van der Waals surface area contributed by atoms with Gasteiger partial charge in [-0.05, 0) is 75.3 Å². The largest absolute Gasteiger partial charge is 0.244 e. The average Bonchev–Trinajstić information content (AvgIpc) is 2.55. The molecule has 0 bridgehead atoms. The quantitative estimate of drug-likeness (QED) is 0.429. The molecular formula is C26H44N2P2. The van der Waals surface area contributed by atoms with Gasteiger partial charge in [-0.3, -0.25) is 0 Å². The number of hydrogen-bond donors (Lipinski definition) is 0. The standard InChI is InChI=1S/C26H44N2P2/c1-23(2,3)17-25(7,8)29(11)21-22(28-20-16-14-13-15-19(20)27-21)30(12)26(9,10)18-24(4,5)6/h13-16H,17-18H2,1-12H3. The summed E-state index contributed by atoms with van der Waals surface area (Å²) in [7, 11) is -0.895. The zero-order valence-corrected chi connectivity index (χ0v) is 23.3. The van der Waals surface area contributed by atoms with Gasteiger partial charge < -0.3 is 0 Å². The van der Waals surface area contributed by atoms with Gasteiger partial charge in [-0.1, -0.05) is 81.4 Å². The highest BCUT2D eigenvalue weighted by molar-refractivity contribution is 7.72. The van der Waals surface area contributed by atoms with E-state index in [2.05, 4.69) is 107 Å². The predicted octanol–water partition coefficient (Wildman–Crippen LogP) is 7.53. The van der Waals surface area contributed by atoms with Crippen molar-refractivity contribution in [3.8, 4) is 0 Å². The third-order valence-corrected chi connectivity index (χ3v) is 11.9. The first-order valence-corrected chi connectivity index (χ1v) is 14.8. The van der Waals surface area contributed by atoms with Gasteiger partial charge in [-0.25, -0.2) is 9.97 Å². The van der Waals surface area contributed by atoms with Crippen LogP contribution in [0.5, 0.6) is 0 Å². The zero-order valence-electron chi connectivity index (χ0n) is 21.5. The van der Waals surface area contributed by atoms with E-state index in [0.29, 0.717) is 10.8 Å². The molecule has 0 fully saturated rings. The molecule has 0 aliphatic heterocycles. The van der Waals surface area contributed by atoms with Gasteiger partial charge in [0.25, 0.3) is 0 Å². The van der Waals surface area contributed by atoms with Gasteiger partial charge in [-0.2, -0.15) is 0 Å². The molecule has 4 heteroatoms. The molecule has 0 spiro atoms. The van der Waals surface area contributed by atoms with Crippen LogP contribution in [-0.4, -0.2) is 33.6 Å². The maximum Gasteiger partial charge on any atom is 0.0899 e. The average molecular weight is 447 g/mol. The Kier molecular flexibility index (Phi) is 7.49. The summed E-state index contributed by atoms with van der Waals surface area (Å²) < 4.78 is 0. The van der Waals surface area contributed by atoms with Gasteiger partial charge in [0, 0.05) is 0 Å². The molecule has 0 saturated carbocycles. The fourth-order valence-corrected chi connectivity index (χ4v) is 9.52. The van der Waals surface area contributed by atoms with Crippen LogP contribution in [0.3, 0.4) is 0 Å². The first-order chi connectivity index (χ1) is 13.4. The molecule has 1 aromatic carbocycles. The van der Waals surface area contributed by atoms with Crippen LogP contribution >= 0.6 is 15.8 Å². The molecule has 0 aliphatic rings. The summed E-state index contributed by atoms with van der Waals surface area (Å²) in [5, 5.41) is 0.424. The van der Waals surface area contributed by atoms with Crippen LogP contribution in [0.2, 0.25) is 0 Å². The number of rotatable bonds is 6. The maximum atomic E-state index is 5.28. The number of fused-ring (bicyclic) bond motifs is 1. The maximum absolute atomic E-state index is 5.28. The Balaban J connectivity index is 2.63. The fraction of sp³-hybridized carbons (Fsp3) is 0.692. The first kappa shape index (κ1) is 25.7. The van der Waals surface area contributed by atoms with Crippen LogP contribution in [0.4, 0.5) is 0 Å². The van der Waals surface area contributed by atoms with Gasteiger partial charge in [-0.15, -0.1) is 0 Å². The summed E-state index contributed by atoms with van der Waals surface area (Å²) in [6.07, 6.45) is 2.37. The molecular weight excluding hydrogens is 402 g/mol. The third kappa shape index (κ3) is 6.46. The number of aromatic nitrogens is 2. The van der Waals surface area contributed by atoms with E-state index in [1.807, 2.05) is 0 Å². The molecule has 2 rings (SSSR count). The molecule has 2 aromatic rings. The summed E-state index contributed by atoms with van der Waals surface area (Å²) in [6, 6.07) is 8.40. The lowest BCUT2D eigenvalue weighted by Gasteiger charge is -2.41. The number of nitrogens with zero attached hydrogens (tertiary/aromatic N) is 2. The van der Waals surface area contributed by atoms with Crippen LogP contribution in [0.15, 0.2) is 24.3 Å². The highest BCUT2D eigenvalue weighted by atomic mass is 31.1. The van der Waals surface area contributed by atoms with Crippen molar-refractivity contribution in [1.82, 2.24) is 9.97 Å². The summed E-state index contributed by atoms with van der Waals surface area (Å²) in [5.41, 5.74) is 5.24. The van der Waals surface area contributed by atoms with Gasteiger partial charge in [0.1, 0.15) is 0 Å². The Hall–Kier alpha value is -0.580. The van der Waals surface area contributed by atoms with Crippen molar-refractivity contribution in [1.29, 1.82) is 0 Å². The normalized spacial score (nSPS) is 16.0. The van der Waals surface area contributed by atoms with E-state index in [1.165, 1.54) is 23.7 Å². The Morgan fingerprint density at radius 3 is 1.17 bits per heavy atom. The molecule has 1 aromatic heterocycles. The molecule has 0 saturated heterocycles.